The van der Waals surface area contributed by atoms with Crippen LogP contribution < -0.4 is 10.2 Å². The summed E-state index contributed by atoms with van der Waals surface area (Å²) in [7, 11) is 0. The molecule has 5 nitrogen and oxygen atoms in total. The number of likely N-dealkylation sites (tertiary alicyclic amines) is 1. The number of nitrogens with zero attached hydrogens (tertiary/aromatic N) is 2. The predicted molar refractivity (Wildman–Crippen MR) is 76.8 cm³/mol. The van der Waals surface area contributed by atoms with Crippen molar-refractivity contribution in [1.82, 2.24) is 10.2 Å². The van der Waals surface area contributed by atoms with Gasteiger partial charge in [-0.1, -0.05) is 18.2 Å². The van der Waals surface area contributed by atoms with Gasteiger partial charge in [0.05, 0.1) is 12.7 Å². The van der Waals surface area contributed by atoms with Crippen LogP contribution in [0.15, 0.2) is 42.4 Å². The quantitative estimate of drug-likeness (QED) is 0.903. The van der Waals surface area contributed by atoms with E-state index in [9.17, 15) is 4.79 Å². The zero-order chi connectivity index (χ0) is 13.8. The van der Waals surface area contributed by atoms with E-state index in [0.29, 0.717) is 19.2 Å². The van der Waals surface area contributed by atoms with E-state index >= 15 is 0 Å². The molecule has 0 unspecified atom stereocenters. The lowest BCUT2D eigenvalue weighted by molar-refractivity contribution is -0.122. The number of ether oxygens (including phenoxy) is 1. The molecule has 0 spiro atoms. The molecule has 20 heavy (non-hydrogen) atoms. The van der Waals surface area contributed by atoms with Gasteiger partial charge in [0.15, 0.2) is 6.73 Å². The third kappa shape index (κ3) is 3.11. The number of amides is 1. The number of para-hydroxylation sites is 1. The van der Waals surface area contributed by atoms with E-state index in [2.05, 4.69) is 10.2 Å². The average Bonchev–Trinajstić information content (AvgIpc) is 3.11. The standard InChI is InChI=1S/C15H19N3O2/c19-14(10-17-8-4-5-9-17)16-15-11-18(12-20-15)13-6-2-1-3-7-13/h1-3,6-7,11H,4-5,8-10,12H2,(H,16,19). The van der Waals surface area contributed by atoms with Gasteiger partial charge in [0.1, 0.15) is 0 Å². The molecule has 3 rings (SSSR count). The third-order valence-electron chi connectivity index (χ3n) is 3.55. The Morgan fingerprint density at radius 3 is 2.70 bits per heavy atom. The van der Waals surface area contributed by atoms with Crippen LogP contribution in [0.4, 0.5) is 5.69 Å². The van der Waals surface area contributed by atoms with E-state index in [4.69, 9.17) is 4.74 Å². The Kier molecular flexibility index (Phi) is 3.87. The van der Waals surface area contributed by atoms with Crippen molar-refractivity contribution < 1.29 is 9.53 Å². The van der Waals surface area contributed by atoms with Crippen molar-refractivity contribution >= 4 is 11.6 Å². The zero-order valence-corrected chi connectivity index (χ0v) is 11.4. The van der Waals surface area contributed by atoms with E-state index < -0.39 is 0 Å². The van der Waals surface area contributed by atoms with Crippen LogP contribution in [0.5, 0.6) is 0 Å². The van der Waals surface area contributed by atoms with Crippen molar-refractivity contribution in [2.75, 3.05) is 31.3 Å². The van der Waals surface area contributed by atoms with Gasteiger partial charge >= 0.3 is 0 Å². The number of benzene rings is 1. The van der Waals surface area contributed by atoms with E-state index in [0.717, 1.165) is 18.8 Å². The Morgan fingerprint density at radius 1 is 1.20 bits per heavy atom. The maximum absolute atomic E-state index is 11.9. The highest BCUT2D eigenvalue weighted by atomic mass is 16.5. The van der Waals surface area contributed by atoms with Gasteiger partial charge in [0.25, 0.3) is 0 Å². The SMILES string of the molecule is O=C(CN1CCCC1)NC1=CN(c2ccccc2)CO1. The first-order valence-electron chi connectivity index (χ1n) is 7.00. The van der Waals surface area contributed by atoms with E-state index in [1.54, 1.807) is 0 Å². The molecule has 0 saturated carbocycles. The van der Waals surface area contributed by atoms with Crippen molar-refractivity contribution in [1.29, 1.82) is 0 Å². The van der Waals surface area contributed by atoms with Crippen LogP contribution in [0, 0.1) is 0 Å². The summed E-state index contributed by atoms with van der Waals surface area (Å²) < 4.78 is 5.49. The molecule has 1 N–H and O–H groups in total. The van der Waals surface area contributed by atoms with Crippen LogP contribution in [-0.4, -0.2) is 37.2 Å². The van der Waals surface area contributed by atoms with Crippen molar-refractivity contribution in [3.63, 3.8) is 0 Å². The first-order chi connectivity index (χ1) is 9.81. The molecular formula is C15H19N3O2. The van der Waals surface area contributed by atoms with Crippen LogP contribution in [0.3, 0.4) is 0 Å². The lowest BCUT2D eigenvalue weighted by Crippen LogP contribution is -2.35. The van der Waals surface area contributed by atoms with Crippen LogP contribution in [0.1, 0.15) is 12.8 Å². The van der Waals surface area contributed by atoms with E-state index in [1.165, 1.54) is 12.8 Å². The van der Waals surface area contributed by atoms with Crippen molar-refractivity contribution in [3.05, 3.63) is 42.4 Å². The molecule has 1 amide bonds. The highest BCUT2D eigenvalue weighted by Crippen LogP contribution is 2.19. The molecule has 2 heterocycles. The second kappa shape index (κ2) is 5.96. The molecule has 0 aromatic heterocycles. The summed E-state index contributed by atoms with van der Waals surface area (Å²) in [6.45, 7) is 2.92. The van der Waals surface area contributed by atoms with Gasteiger partial charge in [-0.2, -0.15) is 0 Å². The molecule has 0 aliphatic carbocycles. The minimum atomic E-state index is -0.00642. The van der Waals surface area contributed by atoms with Gasteiger partial charge in [0.2, 0.25) is 11.8 Å². The number of anilines is 1. The maximum Gasteiger partial charge on any atom is 0.240 e. The summed E-state index contributed by atoms with van der Waals surface area (Å²) in [5.74, 6) is 0.520. The third-order valence-corrected chi connectivity index (χ3v) is 3.55. The maximum atomic E-state index is 11.9. The minimum absolute atomic E-state index is 0.00642. The average molecular weight is 273 g/mol. The van der Waals surface area contributed by atoms with Crippen molar-refractivity contribution in [3.8, 4) is 0 Å². The molecule has 2 aliphatic rings. The summed E-state index contributed by atoms with van der Waals surface area (Å²) in [5, 5.41) is 2.82. The summed E-state index contributed by atoms with van der Waals surface area (Å²) in [6, 6.07) is 9.95. The predicted octanol–water partition coefficient (Wildman–Crippen LogP) is 1.49. The molecule has 1 aromatic carbocycles. The molecule has 1 fully saturated rings. The summed E-state index contributed by atoms with van der Waals surface area (Å²) in [5.41, 5.74) is 1.05. The molecule has 1 aromatic rings. The lowest BCUT2D eigenvalue weighted by Gasteiger charge is -2.13. The molecule has 106 valence electrons. The topological polar surface area (TPSA) is 44.8 Å². The molecule has 1 saturated heterocycles. The van der Waals surface area contributed by atoms with Crippen LogP contribution in [0.25, 0.3) is 0 Å². The summed E-state index contributed by atoms with van der Waals surface area (Å²) >= 11 is 0. The first-order valence-corrected chi connectivity index (χ1v) is 7.00. The number of rotatable bonds is 4. The number of hydrogen-bond acceptors (Lipinski definition) is 4. The summed E-state index contributed by atoms with van der Waals surface area (Å²) in [6.07, 6.45) is 4.21. The van der Waals surface area contributed by atoms with E-state index in [1.807, 2.05) is 41.4 Å². The van der Waals surface area contributed by atoms with E-state index in [-0.39, 0.29) is 5.91 Å². The molecular weight excluding hydrogens is 254 g/mol. The number of carbonyl (C=O) groups excluding carboxylic acids is 1. The Balaban J connectivity index is 1.54. The highest BCUT2D eigenvalue weighted by molar-refractivity contribution is 5.79. The fraction of sp³-hybridized carbons (Fsp3) is 0.400. The Labute approximate surface area is 118 Å². The van der Waals surface area contributed by atoms with Gasteiger partial charge in [0, 0.05) is 5.69 Å². The molecule has 5 heteroatoms. The number of hydrogen-bond donors (Lipinski definition) is 1. The number of carbonyl (C=O) groups is 1. The van der Waals surface area contributed by atoms with Crippen molar-refractivity contribution in [2.45, 2.75) is 12.8 Å². The Morgan fingerprint density at radius 2 is 1.95 bits per heavy atom. The van der Waals surface area contributed by atoms with Gasteiger partial charge in [-0.25, -0.2) is 0 Å². The molecule has 2 aliphatic heterocycles. The van der Waals surface area contributed by atoms with Gasteiger partial charge in [-0.3, -0.25) is 15.0 Å². The summed E-state index contributed by atoms with van der Waals surface area (Å²) in [4.78, 5) is 16.0. The Hall–Kier alpha value is -2.01. The first kappa shape index (κ1) is 13.0. The zero-order valence-electron chi connectivity index (χ0n) is 11.4. The van der Waals surface area contributed by atoms with Crippen molar-refractivity contribution in [2.24, 2.45) is 0 Å². The molecule has 0 bridgehead atoms. The van der Waals surface area contributed by atoms with Crippen LogP contribution >= 0.6 is 0 Å². The normalized spacial score (nSPS) is 18.8. The fourth-order valence-corrected chi connectivity index (χ4v) is 2.51. The minimum Gasteiger partial charge on any atom is -0.456 e. The second-order valence-corrected chi connectivity index (χ2v) is 5.10. The molecule has 0 radical (unpaired) electrons. The van der Waals surface area contributed by atoms with Crippen LogP contribution in [0.2, 0.25) is 0 Å². The van der Waals surface area contributed by atoms with Gasteiger partial charge in [-0.05, 0) is 38.1 Å². The van der Waals surface area contributed by atoms with Crippen LogP contribution in [-0.2, 0) is 9.53 Å². The fourth-order valence-electron chi connectivity index (χ4n) is 2.51. The number of nitrogens with one attached hydrogen (secondary N) is 1. The Bertz CT molecular complexity index is 495. The van der Waals surface area contributed by atoms with Gasteiger partial charge < -0.3 is 9.64 Å². The lowest BCUT2D eigenvalue weighted by atomic mass is 10.3. The smallest absolute Gasteiger partial charge is 0.240 e. The molecule has 0 atom stereocenters. The second-order valence-electron chi connectivity index (χ2n) is 5.10. The monoisotopic (exact) mass is 273 g/mol. The van der Waals surface area contributed by atoms with Gasteiger partial charge in [-0.15, -0.1) is 0 Å². The largest absolute Gasteiger partial charge is 0.456 e. The highest BCUT2D eigenvalue weighted by Gasteiger charge is 2.19.